The highest BCUT2D eigenvalue weighted by atomic mass is 35.5. The van der Waals surface area contributed by atoms with Gasteiger partial charge in [0.25, 0.3) is 0 Å². The molecular weight excluding hydrogens is 453 g/mol. The van der Waals surface area contributed by atoms with Crippen LogP contribution in [0.25, 0.3) is 11.3 Å². The van der Waals surface area contributed by atoms with Crippen molar-refractivity contribution in [2.45, 2.75) is 0 Å². The number of hydrazone groups is 1. The number of carbonyl (C=O) groups excluding carboxylic acids is 2. The Morgan fingerprint density at radius 3 is 2.53 bits per heavy atom. The van der Waals surface area contributed by atoms with Crippen molar-refractivity contribution < 1.29 is 18.7 Å². The van der Waals surface area contributed by atoms with Crippen LogP contribution in [0.2, 0.25) is 15.1 Å². The molecule has 0 aliphatic rings. The second-order valence-electron chi connectivity index (χ2n) is 5.83. The molecule has 0 fully saturated rings. The van der Waals surface area contributed by atoms with Gasteiger partial charge in [-0.3, -0.25) is 9.59 Å². The minimum Gasteiger partial charge on any atom is -0.495 e. The summed E-state index contributed by atoms with van der Waals surface area (Å²) in [5, 5.41) is 7.33. The molecule has 10 heteroatoms. The number of anilines is 1. The van der Waals surface area contributed by atoms with Crippen molar-refractivity contribution in [1.82, 2.24) is 5.43 Å². The molecule has 0 aliphatic heterocycles. The van der Waals surface area contributed by atoms with E-state index < -0.39 is 11.8 Å². The van der Waals surface area contributed by atoms with Gasteiger partial charge in [-0.25, -0.2) is 5.43 Å². The molecule has 2 N–H and O–H groups in total. The van der Waals surface area contributed by atoms with E-state index in [0.717, 1.165) is 5.56 Å². The standard InChI is InChI=1S/C20H14Cl3N3O4/c1-29-18-6-3-12(21)9-16(18)25-19(27)20(28)26-24-10-13-4-7-17(30-13)11-2-5-14(22)15(23)8-11/h2-10H,1H3,(H,25,27)(H,26,28)/b24-10+. The first-order valence-corrected chi connectivity index (χ1v) is 9.54. The number of nitrogens with zero attached hydrogens (tertiary/aromatic N) is 1. The van der Waals surface area contributed by atoms with Gasteiger partial charge in [-0.1, -0.05) is 34.8 Å². The van der Waals surface area contributed by atoms with Gasteiger partial charge in [0, 0.05) is 10.6 Å². The zero-order chi connectivity index (χ0) is 21.7. The SMILES string of the molecule is COc1ccc(Cl)cc1NC(=O)C(=O)N/N=C/c1ccc(-c2ccc(Cl)c(Cl)c2)o1. The van der Waals surface area contributed by atoms with Gasteiger partial charge in [-0.2, -0.15) is 5.10 Å². The largest absolute Gasteiger partial charge is 0.495 e. The van der Waals surface area contributed by atoms with Gasteiger partial charge in [0.15, 0.2) is 0 Å². The summed E-state index contributed by atoms with van der Waals surface area (Å²) in [5.41, 5.74) is 3.10. The molecule has 0 bridgehead atoms. The van der Waals surface area contributed by atoms with Crippen LogP contribution in [0.5, 0.6) is 5.75 Å². The smallest absolute Gasteiger partial charge is 0.329 e. The lowest BCUT2D eigenvalue weighted by Crippen LogP contribution is -2.32. The summed E-state index contributed by atoms with van der Waals surface area (Å²) in [7, 11) is 1.43. The summed E-state index contributed by atoms with van der Waals surface area (Å²) >= 11 is 17.8. The van der Waals surface area contributed by atoms with Crippen LogP contribution in [0.3, 0.4) is 0 Å². The maximum atomic E-state index is 12.0. The molecule has 30 heavy (non-hydrogen) atoms. The highest BCUT2D eigenvalue weighted by Gasteiger charge is 2.15. The molecule has 0 radical (unpaired) electrons. The first-order chi connectivity index (χ1) is 14.4. The van der Waals surface area contributed by atoms with Crippen molar-refractivity contribution in [3.63, 3.8) is 0 Å². The zero-order valence-electron chi connectivity index (χ0n) is 15.4. The van der Waals surface area contributed by atoms with E-state index in [4.69, 9.17) is 44.0 Å². The Bertz CT molecular complexity index is 1130. The molecule has 0 spiro atoms. The fourth-order valence-corrected chi connectivity index (χ4v) is 2.86. The molecular formula is C20H14Cl3N3O4. The number of hydrogen-bond donors (Lipinski definition) is 2. The molecule has 0 atom stereocenters. The van der Waals surface area contributed by atoms with Gasteiger partial charge in [0.2, 0.25) is 0 Å². The normalized spacial score (nSPS) is 10.8. The fraction of sp³-hybridized carbons (Fsp3) is 0.0500. The Hall–Kier alpha value is -3.00. The Morgan fingerprint density at radius 2 is 1.80 bits per heavy atom. The van der Waals surface area contributed by atoms with Crippen LogP contribution in [-0.2, 0) is 9.59 Å². The molecule has 3 aromatic rings. The number of halogens is 3. The first-order valence-electron chi connectivity index (χ1n) is 8.40. The van der Waals surface area contributed by atoms with Crippen molar-refractivity contribution in [2.75, 3.05) is 12.4 Å². The first kappa shape index (κ1) is 21.7. The summed E-state index contributed by atoms with van der Waals surface area (Å²) in [4.78, 5) is 24.0. The number of benzene rings is 2. The van der Waals surface area contributed by atoms with Crippen molar-refractivity contribution in [3.8, 4) is 17.1 Å². The van der Waals surface area contributed by atoms with Crippen LogP contribution in [0.4, 0.5) is 5.69 Å². The Labute approximate surface area is 186 Å². The second kappa shape index (κ2) is 9.67. The third kappa shape index (κ3) is 5.33. The molecule has 0 saturated carbocycles. The lowest BCUT2D eigenvalue weighted by Gasteiger charge is -2.09. The molecule has 1 aromatic heterocycles. The lowest BCUT2D eigenvalue weighted by molar-refractivity contribution is -0.136. The Kier molecular flexibility index (Phi) is 6.99. The fourth-order valence-electron chi connectivity index (χ4n) is 2.39. The summed E-state index contributed by atoms with van der Waals surface area (Å²) < 4.78 is 10.7. The van der Waals surface area contributed by atoms with E-state index >= 15 is 0 Å². The topological polar surface area (TPSA) is 92.9 Å². The minimum absolute atomic E-state index is 0.256. The monoisotopic (exact) mass is 465 g/mol. The average molecular weight is 467 g/mol. The number of ether oxygens (including phenoxy) is 1. The maximum Gasteiger partial charge on any atom is 0.329 e. The summed E-state index contributed by atoms with van der Waals surface area (Å²) in [6.07, 6.45) is 1.26. The number of hydrogen-bond acceptors (Lipinski definition) is 5. The molecule has 3 rings (SSSR count). The number of amides is 2. The number of methoxy groups -OCH3 is 1. The van der Waals surface area contributed by atoms with Crippen molar-refractivity contribution >= 4 is 58.5 Å². The van der Waals surface area contributed by atoms with Crippen LogP contribution in [-0.4, -0.2) is 25.1 Å². The molecule has 0 saturated heterocycles. The van der Waals surface area contributed by atoms with Crippen LogP contribution >= 0.6 is 34.8 Å². The van der Waals surface area contributed by atoms with Crippen LogP contribution in [0, 0.1) is 0 Å². The third-order valence-electron chi connectivity index (χ3n) is 3.80. The number of furan rings is 1. The van der Waals surface area contributed by atoms with Gasteiger partial charge in [0.1, 0.15) is 17.3 Å². The molecule has 2 amide bonds. The van der Waals surface area contributed by atoms with E-state index in [1.807, 2.05) is 0 Å². The highest BCUT2D eigenvalue weighted by molar-refractivity contribution is 6.42. The molecule has 154 valence electrons. The third-order valence-corrected chi connectivity index (χ3v) is 4.78. The van der Waals surface area contributed by atoms with Gasteiger partial charge < -0.3 is 14.5 Å². The summed E-state index contributed by atoms with van der Waals surface area (Å²) in [6, 6.07) is 13.0. The quantitative estimate of drug-likeness (QED) is 0.314. The van der Waals surface area contributed by atoms with E-state index in [-0.39, 0.29) is 5.69 Å². The molecule has 1 heterocycles. The Morgan fingerprint density at radius 1 is 1.00 bits per heavy atom. The van der Waals surface area contributed by atoms with Crippen molar-refractivity contribution in [1.29, 1.82) is 0 Å². The van der Waals surface area contributed by atoms with Gasteiger partial charge in [-0.05, 0) is 48.5 Å². The molecule has 7 nitrogen and oxygen atoms in total. The molecule has 0 aliphatic carbocycles. The zero-order valence-corrected chi connectivity index (χ0v) is 17.7. The number of rotatable bonds is 5. The van der Waals surface area contributed by atoms with Crippen molar-refractivity contribution in [2.24, 2.45) is 5.10 Å². The van der Waals surface area contributed by atoms with Crippen LogP contribution in [0.1, 0.15) is 5.76 Å². The molecule has 0 unspecified atom stereocenters. The van der Waals surface area contributed by atoms with Crippen LogP contribution in [0.15, 0.2) is 58.0 Å². The summed E-state index contributed by atoms with van der Waals surface area (Å²) in [6.45, 7) is 0. The summed E-state index contributed by atoms with van der Waals surface area (Å²) in [5.74, 6) is -0.678. The van der Waals surface area contributed by atoms with E-state index in [1.165, 1.54) is 19.4 Å². The van der Waals surface area contributed by atoms with E-state index in [0.29, 0.717) is 32.3 Å². The van der Waals surface area contributed by atoms with Gasteiger partial charge in [0.05, 0.1) is 29.1 Å². The highest BCUT2D eigenvalue weighted by Crippen LogP contribution is 2.29. The minimum atomic E-state index is -0.982. The Balaban J connectivity index is 1.61. The predicted molar refractivity (Wildman–Crippen MR) is 117 cm³/mol. The van der Waals surface area contributed by atoms with Crippen molar-refractivity contribution in [3.05, 3.63) is 69.4 Å². The lowest BCUT2D eigenvalue weighted by atomic mass is 10.2. The average Bonchev–Trinajstić information content (AvgIpc) is 3.19. The predicted octanol–water partition coefficient (Wildman–Crippen LogP) is 5.00. The second-order valence-corrected chi connectivity index (χ2v) is 7.08. The molecule has 2 aromatic carbocycles. The number of carbonyl (C=O) groups is 2. The number of nitrogens with one attached hydrogen (secondary N) is 2. The van der Waals surface area contributed by atoms with Gasteiger partial charge in [-0.15, -0.1) is 0 Å². The van der Waals surface area contributed by atoms with E-state index in [2.05, 4.69) is 15.8 Å². The van der Waals surface area contributed by atoms with Gasteiger partial charge >= 0.3 is 11.8 Å². The maximum absolute atomic E-state index is 12.0. The van der Waals surface area contributed by atoms with E-state index in [1.54, 1.807) is 42.5 Å². The van der Waals surface area contributed by atoms with Crippen LogP contribution < -0.4 is 15.5 Å². The van der Waals surface area contributed by atoms with E-state index in [9.17, 15) is 9.59 Å².